The van der Waals surface area contributed by atoms with Gasteiger partial charge in [0.2, 0.25) is 5.91 Å². The molecule has 20 nitrogen and oxygen atoms in total. The van der Waals surface area contributed by atoms with Crippen LogP contribution in [0.15, 0.2) is 121 Å². The molecule has 0 aromatic heterocycles. The summed E-state index contributed by atoms with van der Waals surface area (Å²) in [6.45, 7) is 4.02. The Hall–Kier alpha value is -7.04. The Kier molecular flexibility index (Phi) is 22.7. The number of rotatable bonds is 9. The van der Waals surface area contributed by atoms with E-state index in [1.165, 1.54) is 24.3 Å². The monoisotopic (exact) mass is 1100 g/mol. The molecule has 0 saturated carbocycles. The topological polar surface area (TPSA) is 262 Å². The number of benzene rings is 5. The van der Waals surface area contributed by atoms with E-state index in [4.69, 9.17) is 50.0 Å². The number of nitrogen functional groups attached to an aromatic ring is 1. The minimum absolute atomic E-state index is 0. The van der Waals surface area contributed by atoms with Crippen LogP contribution in [0.2, 0.25) is 10.0 Å². The Bertz CT molecular complexity index is 2680. The van der Waals surface area contributed by atoms with Crippen LogP contribution in [0, 0.1) is 10.1 Å². The molecule has 4 aliphatic heterocycles. The Labute approximate surface area is 447 Å². The fourth-order valence-electron chi connectivity index (χ4n) is 7.71. The van der Waals surface area contributed by atoms with Gasteiger partial charge in [-0.2, -0.15) is 0 Å². The first-order valence-electron chi connectivity index (χ1n) is 23.0. The number of anilines is 6. The molecule has 4 fully saturated rings. The molecule has 74 heavy (non-hydrogen) atoms. The molecule has 9 rings (SSSR count). The van der Waals surface area contributed by atoms with E-state index in [1.54, 1.807) is 87.5 Å². The summed E-state index contributed by atoms with van der Waals surface area (Å²) in [5, 5.41) is 22.1. The third kappa shape index (κ3) is 17.9. The number of carbonyl (C=O) groups excluding carboxylic acids is 6. The van der Waals surface area contributed by atoms with E-state index in [-0.39, 0.29) is 72.8 Å². The molecule has 5 aromatic carbocycles. The van der Waals surface area contributed by atoms with Crippen molar-refractivity contribution in [3.63, 3.8) is 0 Å². The maximum absolute atomic E-state index is 12.8. The number of nitrogens with zero attached hydrogens (tertiary/aromatic N) is 4. The van der Waals surface area contributed by atoms with Crippen molar-refractivity contribution in [2.45, 2.75) is 37.8 Å². The number of nitrogens with two attached hydrogens (primary N) is 2. The van der Waals surface area contributed by atoms with Gasteiger partial charge in [0, 0.05) is 100 Å². The predicted molar refractivity (Wildman–Crippen MR) is 277 cm³/mol. The number of amides is 6. The van der Waals surface area contributed by atoms with Crippen LogP contribution < -0.4 is 53.9 Å². The molecule has 5 aromatic rings. The van der Waals surface area contributed by atoms with Gasteiger partial charge in [0.1, 0.15) is 25.0 Å². The molecule has 392 valence electrons. The SMILES string of the molecule is Nc1ccc(N2CCOCC2=O)cc1.O=C(Cl)Oc1ccc([N+](=O)[O-])cc1.O=C(Nc1ccc(Cl)cc1)[C@H]1CCCN1C(=O)Nc1ccc(N2CCOCC2=O)cc1.O=C(Nc1ccc(Cl)cc1)[C@H]1CCC[NH2+]1.[Cl-]. The van der Waals surface area contributed by atoms with E-state index < -0.39 is 16.4 Å². The highest BCUT2D eigenvalue weighted by molar-refractivity contribution is 6.61. The van der Waals surface area contributed by atoms with E-state index in [0.29, 0.717) is 66.4 Å². The fourth-order valence-corrected chi connectivity index (χ4v) is 8.05. The summed E-state index contributed by atoms with van der Waals surface area (Å²) >= 11 is 16.6. The molecule has 0 radical (unpaired) electrons. The van der Waals surface area contributed by atoms with Crippen LogP contribution in [0.25, 0.3) is 0 Å². The van der Waals surface area contributed by atoms with Crippen molar-refractivity contribution in [3.05, 3.63) is 141 Å². The molecular weight excluding hydrogens is 1040 g/mol. The summed E-state index contributed by atoms with van der Waals surface area (Å²) in [6, 6.07) is 32.6. The molecule has 4 aliphatic rings. The number of nitrogens with one attached hydrogen (secondary N) is 3. The first kappa shape index (κ1) is 57.9. The number of likely N-dealkylation sites (tertiary alicyclic amines) is 1. The van der Waals surface area contributed by atoms with Crippen LogP contribution in [-0.4, -0.2) is 110 Å². The number of hydrogen-bond donors (Lipinski definition) is 5. The smallest absolute Gasteiger partial charge is 0.409 e. The maximum Gasteiger partial charge on any atom is 0.409 e. The molecule has 0 aliphatic carbocycles. The molecule has 0 spiro atoms. The van der Waals surface area contributed by atoms with Crippen molar-refractivity contribution in [2.24, 2.45) is 0 Å². The van der Waals surface area contributed by atoms with Gasteiger partial charge in [-0.15, -0.1) is 0 Å². The second kappa shape index (κ2) is 29.0. The number of non-ortho nitro benzene ring substituents is 1. The minimum atomic E-state index is -0.978. The minimum Gasteiger partial charge on any atom is -1.00 e. The summed E-state index contributed by atoms with van der Waals surface area (Å²) in [5.41, 5.74) is 8.89. The second-order valence-corrected chi connectivity index (χ2v) is 17.7. The van der Waals surface area contributed by atoms with Crippen molar-refractivity contribution in [2.75, 3.05) is 84.1 Å². The summed E-state index contributed by atoms with van der Waals surface area (Å²) in [5.74, 6) is -0.0489. The number of urea groups is 1. The van der Waals surface area contributed by atoms with E-state index in [9.17, 15) is 38.9 Å². The van der Waals surface area contributed by atoms with Gasteiger partial charge in [-0.05, 0) is 122 Å². The normalized spacial score (nSPS) is 16.8. The van der Waals surface area contributed by atoms with Crippen LogP contribution in [0.1, 0.15) is 25.7 Å². The Morgan fingerprint density at radius 3 is 1.62 bits per heavy atom. The highest BCUT2D eigenvalue weighted by Gasteiger charge is 2.34. The third-order valence-electron chi connectivity index (χ3n) is 11.4. The predicted octanol–water partition coefficient (Wildman–Crippen LogP) is 4.31. The highest BCUT2D eigenvalue weighted by Crippen LogP contribution is 2.25. The van der Waals surface area contributed by atoms with Gasteiger partial charge in [0.15, 0.2) is 6.04 Å². The van der Waals surface area contributed by atoms with Gasteiger partial charge < -0.3 is 68.3 Å². The standard InChI is InChI=1S/C22H23ClN4O4.C11H13ClN2O.C10H12N2O2.C7H4ClNO4.ClH/c23-15-3-5-16(6-4-15)24-21(29)19-2-1-11-27(19)22(30)25-17-7-9-18(10-8-17)26-12-13-31-14-20(26)28;12-8-3-5-9(6-4-8)14-11(15)10-2-1-7-13-10;11-8-1-3-9(4-2-8)12-5-6-14-7-10(12)13;8-7(10)13-6-3-1-5(2-4-6)9(11)12;/h3-10,19H,1-2,11-14H2,(H,24,29)(H,25,30);3-6,10,13H,1-2,7H2,(H,14,15);1-4H,5-7,11H2;1-4H;1H/t19-;10-;;;/m11.../s1. The van der Waals surface area contributed by atoms with Gasteiger partial charge >= 0.3 is 11.5 Å². The van der Waals surface area contributed by atoms with Gasteiger partial charge in [-0.1, -0.05) is 23.2 Å². The summed E-state index contributed by atoms with van der Waals surface area (Å²) < 4.78 is 14.6. The highest BCUT2D eigenvalue weighted by atomic mass is 35.5. The van der Waals surface area contributed by atoms with Gasteiger partial charge in [-0.3, -0.25) is 29.3 Å². The lowest BCUT2D eigenvalue weighted by Gasteiger charge is -2.27. The van der Waals surface area contributed by atoms with E-state index in [0.717, 1.165) is 42.9 Å². The number of morpholine rings is 2. The number of nitro groups is 1. The molecule has 24 heteroatoms. The zero-order valence-electron chi connectivity index (χ0n) is 39.6. The number of carbonyl (C=O) groups is 6. The average Bonchev–Trinajstić information content (AvgIpc) is 4.12. The summed E-state index contributed by atoms with van der Waals surface area (Å²) in [4.78, 5) is 85.5. The number of hydrogen-bond acceptors (Lipinski definition) is 12. The summed E-state index contributed by atoms with van der Waals surface area (Å²) in [6.07, 6.45) is 3.45. The Morgan fingerprint density at radius 2 is 1.15 bits per heavy atom. The Balaban J connectivity index is 0.000000198. The second-order valence-electron chi connectivity index (χ2n) is 16.5. The van der Waals surface area contributed by atoms with Crippen molar-refractivity contribution in [3.8, 4) is 5.75 Å². The fraction of sp³-hybridized carbons (Fsp3) is 0.280. The molecular formula is C50H53Cl4N9O11. The maximum atomic E-state index is 12.8. The van der Waals surface area contributed by atoms with E-state index >= 15 is 0 Å². The van der Waals surface area contributed by atoms with Crippen LogP contribution in [0.5, 0.6) is 5.75 Å². The molecule has 2 atom stereocenters. The van der Waals surface area contributed by atoms with Crippen molar-refractivity contribution >= 4 is 110 Å². The zero-order valence-corrected chi connectivity index (χ0v) is 42.7. The average molecular weight is 1100 g/mol. The van der Waals surface area contributed by atoms with Crippen molar-refractivity contribution in [1.82, 2.24) is 4.90 Å². The van der Waals surface area contributed by atoms with Crippen LogP contribution in [-0.2, 0) is 28.7 Å². The van der Waals surface area contributed by atoms with Crippen molar-refractivity contribution < 1.29 is 65.6 Å². The van der Waals surface area contributed by atoms with Crippen LogP contribution in [0.3, 0.4) is 0 Å². The van der Waals surface area contributed by atoms with E-state index in [1.807, 2.05) is 24.3 Å². The molecule has 4 saturated heterocycles. The first-order valence-corrected chi connectivity index (χ1v) is 24.1. The number of halogens is 4. The van der Waals surface area contributed by atoms with Crippen LogP contribution in [0.4, 0.5) is 49.4 Å². The number of nitro benzene ring substituents is 1. The quantitative estimate of drug-likeness (QED) is 0.0599. The number of quaternary nitrogens is 1. The Morgan fingerprint density at radius 1 is 0.662 bits per heavy atom. The molecule has 6 amide bonds. The van der Waals surface area contributed by atoms with E-state index in [2.05, 4.69) is 26.0 Å². The number of ether oxygens (including phenoxy) is 3. The molecule has 0 unspecified atom stereocenters. The lowest BCUT2D eigenvalue weighted by Crippen LogP contribution is -3.00. The van der Waals surface area contributed by atoms with Gasteiger partial charge in [0.05, 0.1) is 24.7 Å². The molecule has 4 heterocycles. The van der Waals surface area contributed by atoms with Gasteiger partial charge in [0.25, 0.3) is 23.4 Å². The summed E-state index contributed by atoms with van der Waals surface area (Å²) in [7, 11) is 0. The van der Waals surface area contributed by atoms with Gasteiger partial charge in [-0.25, -0.2) is 9.59 Å². The lowest BCUT2D eigenvalue weighted by molar-refractivity contribution is -0.656. The zero-order chi connectivity index (χ0) is 52.3. The third-order valence-corrected chi connectivity index (χ3v) is 12.0. The van der Waals surface area contributed by atoms with Crippen LogP contribution >= 0.6 is 34.8 Å². The largest absolute Gasteiger partial charge is 1.00 e. The molecule has 0 bridgehead atoms. The van der Waals surface area contributed by atoms with Crippen molar-refractivity contribution in [1.29, 1.82) is 0 Å². The first-order chi connectivity index (χ1) is 35.1. The lowest BCUT2D eigenvalue weighted by atomic mass is 10.2. The molecule has 7 N–H and O–H groups in total.